The first kappa shape index (κ1) is 8.68. The maximum atomic E-state index is 10.1. The van der Waals surface area contributed by atoms with Crippen molar-refractivity contribution in [2.45, 2.75) is 6.61 Å². The van der Waals surface area contributed by atoms with Crippen molar-refractivity contribution >= 4 is 6.16 Å². The fourth-order valence-corrected chi connectivity index (χ4v) is 1.18. The number of fused-ring (bicyclic) bond motifs is 1. The summed E-state index contributed by atoms with van der Waals surface area (Å²) in [5, 5.41) is 8.29. The van der Waals surface area contributed by atoms with Crippen LogP contribution in [0.4, 0.5) is 4.79 Å². The van der Waals surface area contributed by atoms with Crippen molar-refractivity contribution < 1.29 is 24.1 Å². The highest BCUT2D eigenvalue weighted by atomic mass is 16.7. The monoisotopic (exact) mass is 196 g/mol. The predicted octanol–water partition coefficient (Wildman–Crippen LogP) is 1.61. The lowest BCUT2D eigenvalue weighted by molar-refractivity contribution is 0.0853. The molecule has 14 heavy (non-hydrogen) atoms. The predicted molar refractivity (Wildman–Crippen MR) is 45.4 cm³/mol. The highest BCUT2D eigenvalue weighted by Crippen LogP contribution is 2.32. The molecule has 0 atom stereocenters. The summed E-state index contributed by atoms with van der Waals surface area (Å²) in [5.74, 6) is 1.29. The van der Waals surface area contributed by atoms with Crippen molar-refractivity contribution in [1.29, 1.82) is 0 Å². The Morgan fingerprint density at radius 3 is 3.00 bits per heavy atom. The smallest absolute Gasteiger partial charge is 0.454 e. The van der Waals surface area contributed by atoms with Gasteiger partial charge in [-0.1, -0.05) is 6.07 Å². The average Bonchev–Trinajstić information content (AvgIpc) is 2.61. The minimum atomic E-state index is -1.29. The molecule has 0 bridgehead atoms. The highest BCUT2D eigenvalue weighted by molar-refractivity contribution is 5.57. The van der Waals surface area contributed by atoms with Gasteiger partial charge in [-0.15, -0.1) is 0 Å². The molecule has 0 aliphatic carbocycles. The van der Waals surface area contributed by atoms with E-state index >= 15 is 0 Å². The fraction of sp³-hybridized carbons (Fsp3) is 0.222. The number of benzene rings is 1. The highest BCUT2D eigenvalue weighted by Gasteiger charge is 2.13. The van der Waals surface area contributed by atoms with Gasteiger partial charge < -0.3 is 19.3 Å². The summed E-state index contributed by atoms with van der Waals surface area (Å²) in [4.78, 5) is 10.1. The minimum Gasteiger partial charge on any atom is -0.454 e. The zero-order valence-electron chi connectivity index (χ0n) is 7.23. The van der Waals surface area contributed by atoms with E-state index in [0.717, 1.165) is 5.56 Å². The second kappa shape index (κ2) is 3.45. The second-order valence-corrected chi connectivity index (χ2v) is 2.74. The largest absolute Gasteiger partial charge is 0.506 e. The lowest BCUT2D eigenvalue weighted by Gasteiger charge is -2.01. The van der Waals surface area contributed by atoms with E-state index in [1.807, 2.05) is 0 Å². The molecule has 2 rings (SSSR count). The molecule has 5 heteroatoms. The van der Waals surface area contributed by atoms with Crippen LogP contribution in [0, 0.1) is 0 Å². The molecule has 0 aromatic heterocycles. The molecule has 0 unspecified atom stereocenters. The van der Waals surface area contributed by atoms with E-state index in [-0.39, 0.29) is 13.4 Å². The Labute approximate surface area is 79.8 Å². The van der Waals surface area contributed by atoms with E-state index in [2.05, 4.69) is 4.74 Å². The number of carboxylic acid groups (broad SMARTS) is 1. The van der Waals surface area contributed by atoms with Crippen LogP contribution in [0.2, 0.25) is 0 Å². The summed E-state index contributed by atoms with van der Waals surface area (Å²) >= 11 is 0. The standard InChI is InChI=1S/C9H8O5/c10-9(11)12-4-6-1-2-7-8(3-6)14-5-13-7/h1-3H,4-5H2,(H,10,11). The van der Waals surface area contributed by atoms with Crippen molar-refractivity contribution in [2.75, 3.05) is 6.79 Å². The number of carbonyl (C=O) groups is 1. The lowest BCUT2D eigenvalue weighted by atomic mass is 10.2. The van der Waals surface area contributed by atoms with E-state index in [1.165, 1.54) is 0 Å². The van der Waals surface area contributed by atoms with Gasteiger partial charge in [0, 0.05) is 0 Å². The molecule has 74 valence electrons. The number of ether oxygens (including phenoxy) is 3. The van der Waals surface area contributed by atoms with Crippen LogP contribution in [0.5, 0.6) is 11.5 Å². The second-order valence-electron chi connectivity index (χ2n) is 2.74. The molecule has 0 fully saturated rings. The molecular weight excluding hydrogens is 188 g/mol. The Bertz CT molecular complexity index is 360. The average molecular weight is 196 g/mol. The molecule has 0 saturated heterocycles. The van der Waals surface area contributed by atoms with Gasteiger partial charge in [0.25, 0.3) is 0 Å². The van der Waals surface area contributed by atoms with E-state index < -0.39 is 6.16 Å². The maximum absolute atomic E-state index is 10.1. The summed E-state index contributed by atoms with van der Waals surface area (Å²) in [6.45, 7) is 0.227. The van der Waals surface area contributed by atoms with Gasteiger partial charge in [0.15, 0.2) is 11.5 Å². The molecule has 5 nitrogen and oxygen atoms in total. The Morgan fingerprint density at radius 2 is 2.21 bits per heavy atom. The van der Waals surface area contributed by atoms with Crippen molar-refractivity contribution in [3.05, 3.63) is 23.8 Å². The number of hydrogen-bond donors (Lipinski definition) is 1. The SMILES string of the molecule is O=C(O)OCc1ccc2c(c1)OCO2. The van der Waals surface area contributed by atoms with Gasteiger partial charge in [-0.2, -0.15) is 0 Å². The fourth-order valence-electron chi connectivity index (χ4n) is 1.18. The first-order chi connectivity index (χ1) is 6.75. The van der Waals surface area contributed by atoms with Crippen molar-refractivity contribution in [2.24, 2.45) is 0 Å². The summed E-state index contributed by atoms with van der Waals surface area (Å²) in [5.41, 5.74) is 0.733. The van der Waals surface area contributed by atoms with Gasteiger partial charge >= 0.3 is 6.16 Å². The third-order valence-electron chi connectivity index (χ3n) is 1.80. The van der Waals surface area contributed by atoms with Crippen molar-refractivity contribution in [3.8, 4) is 11.5 Å². The summed E-state index contributed by atoms with van der Waals surface area (Å²) in [7, 11) is 0. The Kier molecular flexibility index (Phi) is 2.14. The molecule has 0 spiro atoms. The van der Waals surface area contributed by atoms with E-state index in [9.17, 15) is 4.79 Å². The lowest BCUT2D eigenvalue weighted by Crippen LogP contribution is -1.99. The Morgan fingerprint density at radius 1 is 1.43 bits per heavy atom. The third-order valence-corrected chi connectivity index (χ3v) is 1.80. The molecule has 1 heterocycles. The normalized spacial score (nSPS) is 12.6. The molecule has 1 aromatic rings. The van der Waals surface area contributed by atoms with Gasteiger partial charge in [-0.3, -0.25) is 0 Å². The summed E-state index contributed by atoms with van der Waals surface area (Å²) < 4.78 is 14.6. The zero-order valence-corrected chi connectivity index (χ0v) is 7.23. The van der Waals surface area contributed by atoms with Gasteiger partial charge in [0.05, 0.1) is 0 Å². The quantitative estimate of drug-likeness (QED) is 0.728. The number of hydrogen-bond acceptors (Lipinski definition) is 4. The van der Waals surface area contributed by atoms with E-state index in [4.69, 9.17) is 14.6 Å². The molecule has 0 amide bonds. The van der Waals surface area contributed by atoms with Gasteiger partial charge in [0.1, 0.15) is 6.61 Å². The third kappa shape index (κ3) is 1.71. The van der Waals surface area contributed by atoms with Crippen LogP contribution in [0.25, 0.3) is 0 Å². The van der Waals surface area contributed by atoms with E-state index in [0.29, 0.717) is 11.5 Å². The van der Waals surface area contributed by atoms with E-state index in [1.54, 1.807) is 18.2 Å². The number of rotatable bonds is 2. The van der Waals surface area contributed by atoms with Gasteiger partial charge in [0.2, 0.25) is 6.79 Å². The first-order valence-electron chi connectivity index (χ1n) is 4.00. The van der Waals surface area contributed by atoms with Crippen LogP contribution >= 0.6 is 0 Å². The molecule has 1 aliphatic heterocycles. The van der Waals surface area contributed by atoms with Gasteiger partial charge in [-0.05, 0) is 17.7 Å². The van der Waals surface area contributed by atoms with Crippen LogP contribution in [-0.2, 0) is 11.3 Å². The van der Waals surface area contributed by atoms with Crippen LogP contribution in [0.3, 0.4) is 0 Å². The topological polar surface area (TPSA) is 65.0 Å². The van der Waals surface area contributed by atoms with Crippen molar-refractivity contribution in [1.82, 2.24) is 0 Å². The Balaban J connectivity index is 2.09. The van der Waals surface area contributed by atoms with Gasteiger partial charge in [-0.25, -0.2) is 4.79 Å². The van der Waals surface area contributed by atoms with Crippen molar-refractivity contribution in [3.63, 3.8) is 0 Å². The maximum Gasteiger partial charge on any atom is 0.506 e. The molecule has 1 N–H and O–H groups in total. The van der Waals surface area contributed by atoms with Crippen LogP contribution < -0.4 is 9.47 Å². The molecular formula is C9H8O5. The van der Waals surface area contributed by atoms with Crippen LogP contribution in [-0.4, -0.2) is 18.1 Å². The summed E-state index contributed by atoms with van der Waals surface area (Å²) in [6, 6.07) is 5.16. The molecule has 1 aromatic carbocycles. The Hall–Kier alpha value is -1.91. The first-order valence-corrected chi connectivity index (χ1v) is 4.00. The minimum absolute atomic E-state index is 0.0198. The van der Waals surface area contributed by atoms with Crippen LogP contribution in [0.15, 0.2) is 18.2 Å². The van der Waals surface area contributed by atoms with Crippen LogP contribution in [0.1, 0.15) is 5.56 Å². The molecule has 0 radical (unpaired) electrons. The molecule has 1 aliphatic rings. The zero-order chi connectivity index (χ0) is 9.97. The molecule has 0 saturated carbocycles. The summed E-state index contributed by atoms with van der Waals surface area (Å²) in [6.07, 6.45) is -1.29.